The fraction of sp³-hybridized carbons (Fsp3) is 0.211. The summed E-state index contributed by atoms with van der Waals surface area (Å²) in [6.45, 7) is 1.94. The van der Waals surface area contributed by atoms with Crippen LogP contribution in [0.3, 0.4) is 0 Å². The topological polar surface area (TPSA) is 70.2 Å². The van der Waals surface area contributed by atoms with Crippen LogP contribution in [-0.4, -0.2) is 30.0 Å². The normalized spacial score (nSPS) is 10.4. The minimum absolute atomic E-state index is 0.0897. The zero-order chi connectivity index (χ0) is 18.5. The van der Waals surface area contributed by atoms with Crippen LogP contribution in [-0.2, 0) is 11.2 Å². The Balaban J connectivity index is 1.57. The fourth-order valence-electron chi connectivity index (χ4n) is 2.38. The summed E-state index contributed by atoms with van der Waals surface area (Å²) in [6.07, 6.45) is 0.231. The molecule has 7 heteroatoms. The van der Waals surface area contributed by atoms with Gasteiger partial charge >= 0.3 is 0 Å². The fourth-order valence-corrected chi connectivity index (χ4v) is 3.10. The molecule has 2 aromatic heterocycles. The maximum Gasteiger partial charge on any atom is 0.230 e. The monoisotopic (exact) mass is 367 g/mol. The van der Waals surface area contributed by atoms with Crippen molar-refractivity contribution in [3.05, 3.63) is 59.2 Å². The van der Waals surface area contributed by atoms with Crippen LogP contribution in [0.25, 0.3) is 0 Å². The predicted molar refractivity (Wildman–Crippen MR) is 107 cm³/mol. The summed E-state index contributed by atoms with van der Waals surface area (Å²) in [5.41, 5.74) is 3.53. The summed E-state index contributed by atoms with van der Waals surface area (Å²) < 4.78 is 0. The molecule has 0 saturated carbocycles. The second kappa shape index (κ2) is 7.97. The molecule has 3 aromatic rings. The largest absolute Gasteiger partial charge is 0.378 e. The Bertz CT molecular complexity index is 889. The number of pyridine rings is 1. The van der Waals surface area contributed by atoms with Crippen molar-refractivity contribution in [3.63, 3.8) is 0 Å². The van der Waals surface area contributed by atoms with Gasteiger partial charge in [-0.25, -0.2) is 9.97 Å². The maximum absolute atomic E-state index is 12.2. The van der Waals surface area contributed by atoms with E-state index in [0.29, 0.717) is 0 Å². The second-order valence-corrected chi connectivity index (χ2v) is 6.96. The molecule has 3 rings (SSSR count). The summed E-state index contributed by atoms with van der Waals surface area (Å²) in [7, 11) is 3.96. The average Bonchev–Trinajstić information content (AvgIpc) is 3.02. The lowest BCUT2D eigenvalue weighted by Crippen LogP contribution is -2.15. The molecule has 0 aliphatic rings. The third kappa shape index (κ3) is 4.80. The number of thiazole rings is 1. The number of aryl methyl sites for hydroxylation is 1. The van der Waals surface area contributed by atoms with Crippen LogP contribution in [0.1, 0.15) is 11.4 Å². The standard InChI is InChI=1S/C19H21N5OS/c1-13-5-4-6-17(20-13)23-19-22-15(12-26-19)11-18(25)21-14-7-9-16(10-8-14)24(2)3/h4-10,12H,11H2,1-3H3,(H,21,25)(H,20,22,23). The molecule has 0 aliphatic heterocycles. The molecule has 134 valence electrons. The van der Waals surface area contributed by atoms with E-state index in [0.717, 1.165) is 33.7 Å². The number of benzene rings is 1. The van der Waals surface area contributed by atoms with Crippen molar-refractivity contribution in [2.24, 2.45) is 0 Å². The summed E-state index contributed by atoms with van der Waals surface area (Å²) in [5, 5.41) is 8.67. The van der Waals surface area contributed by atoms with E-state index in [1.54, 1.807) is 0 Å². The van der Waals surface area contributed by atoms with E-state index in [4.69, 9.17) is 0 Å². The minimum Gasteiger partial charge on any atom is -0.378 e. The molecule has 6 nitrogen and oxygen atoms in total. The number of amides is 1. The molecule has 0 fully saturated rings. The third-order valence-corrected chi connectivity index (χ3v) is 4.49. The van der Waals surface area contributed by atoms with Gasteiger partial charge in [-0.2, -0.15) is 0 Å². The Labute approximate surface area is 156 Å². The number of carbonyl (C=O) groups excluding carboxylic acids is 1. The smallest absolute Gasteiger partial charge is 0.230 e. The number of rotatable bonds is 6. The van der Waals surface area contributed by atoms with Gasteiger partial charge in [-0.15, -0.1) is 11.3 Å². The number of aromatic nitrogens is 2. The number of carbonyl (C=O) groups is 1. The van der Waals surface area contributed by atoms with E-state index in [1.165, 1.54) is 11.3 Å². The summed E-state index contributed by atoms with van der Waals surface area (Å²) >= 11 is 1.46. The molecule has 0 bridgehead atoms. The molecule has 0 saturated heterocycles. The maximum atomic E-state index is 12.2. The van der Waals surface area contributed by atoms with E-state index in [1.807, 2.05) is 73.8 Å². The van der Waals surface area contributed by atoms with Crippen LogP contribution < -0.4 is 15.5 Å². The van der Waals surface area contributed by atoms with Gasteiger partial charge in [0.05, 0.1) is 12.1 Å². The number of nitrogens with zero attached hydrogens (tertiary/aromatic N) is 3. The summed E-state index contributed by atoms with van der Waals surface area (Å²) in [5.74, 6) is 0.657. The van der Waals surface area contributed by atoms with Gasteiger partial charge in [-0.05, 0) is 43.3 Å². The van der Waals surface area contributed by atoms with E-state index in [-0.39, 0.29) is 12.3 Å². The van der Waals surface area contributed by atoms with Crippen molar-refractivity contribution in [1.82, 2.24) is 9.97 Å². The molecule has 0 unspecified atom stereocenters. The Kier molecular flexibility index (Phi) is 5.48. The van der Waals surface area contributed by atoms with E-state index in [2.05, 4.69) is 20.6 Å². The lowest BCUT2D eigenvalue weighted by molar-refractivity contribution is -0.115. The van der Waals surface area contributed by atoms with Crippen LogP contribution in [0.4, 0.5) is 22.3 Å². The highest BCUT2D eigenvalue weighted by molar-refractivity contribution is 7.13. The van der Waals surface area contributed by atoms with E-state index < -0.39 is 0 Å². The van der Waals surface area contributed by atoms with Crippen LogP contribution in [0, 0.1) is 6.92 Å². The van der Waals surface area contributed by atoms with Crippen molar-refractivity contribution < 1.29 is 4.79 Å². The van der Waals surface area contributed by atoms with Crippen molar-refractivity contribution in [3.8, 4) is 0 Å². The first-order valence-electron chi connectivity index (χ1n) is 8.22. The lowest BCUT2D eigenvalue weighted by atomic mass is 10.2. The second-order valence-electron chi connectivity index (χ2n) is 6.10. The summed E-state index contributed by atoms with van der Waals surface area (Å²) in [6, 6.07) is 13.5. The van der Waals surface area contributed by atoms with Gasteiger partial charge < -0.3 is 15.5 Å². The Hall–Kier alpha value is -2.93. The number of hydrogen-bond donors (Lipinski definition) is 2. The van der Waals surface area contributed by atoms with Gasteiger partial charge in [0.1, 0.15) is 5.82 Å². The van der Waals surface area contributed by atoms with E-state index >= 15 is 0 Å². The molecule has 0 aliphatic carbocycles. The average molecular weight is 367 g/mol. The zero-order valence-electron chi connectivity index (χ0n) is 15.0. The van der Waals surface area contributed by atoms with Gasteiger partial charge in [-0.3, -0.25) is 4.79 Å². The van der Waals surface area contributed by atoms with Gasteiger partial charge in [0, 0.05) is 36.5 Å². The van der Waals surface area contributed by atoms with Gasteiger partial charge in [0.25, 0.3) is 0 Å². The first kappa shape index (κ1) is 17.9. The van der Waals surface area contributed by atoms with E-state index in [9.17, 15) is 4.79 Å². The first-order valence-corrected chi connectivity index (χ1v) is 9.10. The summed E-state index contributed by atoms with van der Waals surface area (Å²) in [4.78, 5) is 23.1. The SMILES string of the molecule is Cc1cccc(Nc2nc(CC(=O)Nc3ccc(N(C)C)cc3)cs2)n1. The number of anilines is 4. The van der Waals surface area contributed by atoms with Crippen LogP contribution in [0.15, 0.2) is 47.8 Å². The Morgan fingerprint density at radius 2 is 1.88 bits per heavy atom. The van der Waals surface area contributed by atoms with Gasteiger partial charge in [0.2, 0.25) is 5.91 Å². The molecule has 2 heterocycles. The highest BCUT2D eigenvalue weighted by atomic mass is 32.1. The molecule has 1 amide bonds. The molecule has 0 spiro atoms. The van der Waals surface area contributed by atoms with Crippen LogP contribution in [0.5, 0.6) is 0 Å². The van der Waals surface area contributed by atoms with Crippen LogP contribution in [0.2, 0.25) is 0 Å². The molecule has 0 atom stereocenters. The molecular formula is C19H21N5OS. The Morgan fingerprint density at radius 3 is 2.58 bits per heavy atom. The third-order valence-electron chi connectivity index (χ3n) is 3.68. The van der Waals surface area contributed by atoms with Gasteiger partial charge in [-0.1, -0.05) is 6.07 Å². The van der Waals surface area contributed by atoms with Crippen molar-refractivity contribution in [2.45, 2.75) is 13.3 Å². The molecule has 1 aromatic carbocycles. The van der Waals surface area contributed by atoms with Crippen molar-refractivity contribution in [2.75, 3.05) is 29.6 Å². The molecule has 26 heavy (non-hydrogen) atoms. The zero-order valence-corrected chi connectivity index (χ0v) is 15.8. The minimum atomic E-state index is -0.0897. The molecule has 2 N–H and O–H groups in total. The number of nitrogens with one attached hydrogen (secondary N) is 2. The Morgan fingerprint density at radius 1 is 1.12 bits per heavy atom. The van der Waals surface area contributed by atoms with Gasteiger partial charge in [0.15, 0.2) is 5.13 Å². The highest BCUT2D eigenvalue weighted by Gasteiger charge is 2.09. The van der Waals surface area contributed by atoms with Crippen molar-refractivity contribution in [1.29, 1.82) is 0 Å². The predicted octanol–water partition coefficient (Wildman–Crippen LogP) is 3.84. The number of hydrogen-bond acceptors (Lipinski definition) is 6. The van der Waals surface area contributed by atoms with Crippen LogP contribution >= 0.6 is 11.3 Å². The first-order chi connectivity index (χ1) is 12.5. The molecule has 0 radical (unpaired) electrons. The molecular weight excluding hydrogens is 346 g/mol. The lowest BCUT2D eigenvalue weighted by Gasteiger charge is -2.12. The highest BCUT2D eigenvalue weighted by Crippen LogP contribution is 2.21. The van der Waals surface area contributed by atoms with Crippen molar-refractivity contribution >= 4 is 39.6 Å². The quantitative estimate of drug-likeness (QED) is 0.693.